The summed E-state index contributed by atoms with van der Waals surface area (Å²) in [6.45, 7) is 9.31. The van der Waals surface area contributed by atoms with E-state index >= 15 is 0 Å². The first-order chi connectivity index (χ1) is 52.1. The van der Waals surface area contributed by atoms with Crippen LogP contribution in [0.15, 0.2) is 15.0 Å². The zero-order valence-electron chi connectivity index (χ0n) is 63.6. The summed E-state index contributed by atoms with van der Waals surface area (Å²) in [7, 11) is 0. The zero-order chi connectivity index (χ0) is 86.0. The quantitative estimate of drug-likeness (QED) is 0.0153. The second-order valence-corrected chi connectivity index (χ2v) is 26.9. The highest BCUT2D eigenvalue weighted by atomic mass is 16.4. The second kappa shape index (κ2) is 51.5. The number of aliphatic imine (C=N–C) groups is 3. The number of aliphatic carboxylic acids is 2. The average Bonchev–Trinajstić information content (AvgIpc) is 0.851. The van der Waals surface area contributed by atoms with Crippen molar-refractivity contribution in [2.24, 2.45) is 89.9 Å². The Morgan fingerprint density at radius 3 is 0.973 bits per heavy atom. The molecule has 0 radical (unpaired) electrons. The minimum atomic E-state index is -2.12. The maximum Gasteiger partial charge on any atom is 0.326 e. The molecule has 0 rings (SSSR count). The lowest BCUT2D eigenvalue weighted by Crippen LogP contribution is -2.63. The van der Waals surface area contributed by atoms with Gasteiger partial charge in [-0.05, 0) is 103 Å². The lowest BCUT2D eigenvalue weighted by molar-refractivity contribution is -0.142. The molecule has 0 heterocycles. The van der Waals surface area contributed by atoms with Crippen LogP contribution in [-0.4, -0.2) is 255 Å². The molecule has 0 aliphatic heterocycles. The summed E-state index contributed by atoms with van der Waals surface area (Å²) in [5.74, 6) is -23.4. The van der Waals surface area contributed by atoms with E-state index in [1.807, 2.05) is 0 Å². The Kier molecular flexibility index (Phi) is 46.1. The summed E-state index contributed by atoms with van der Waals surface area (Å²) in [4.78, 5) is 251. The number of hydrogen-bond donors (Lipinski definition) is 27. The van der Waals surface area contributed by atoms with Crippen molar-refractivity contribution in [3.63, 3.8) is 0 Å². The minimum absolute atomic E-state index is 0.00983. The first-order valence-corrected chi connectivity index (χ1v) is 35.6. The third-order valence-corrected chi connectivity index (χ3v) is 16.2. The van der Waals surface area contributed by atoms with E-state index in [4.69, 9.17) is 63.1 Å². The van der Waals surface area contributed by atoms with Gasteiger partial charge in [0.25, 0.3) is 0 Å². The third kappa shape index (κ3) is 41.6. The number of carbonyl (C=O) groups is 18. The van der Waals surface area contributed by atoms with Crippen molar-refractivity contribution >= 4 is 124 Å². The highest BCUT2D eigenvalue weighted by Gasteiger charge is 2.39. The normalized spacial score (nSPS) is 15.0. The molecule has 0 saturated heterocycles. The first kappa shape index (κ1) is 100. The number of nitrogens with two attached hydrogens (primary N) is 11. The highest BCUT2D eigenvalue weighted by molar-refractivity contribution is 6.01. The van der Waals surface area contributed by atoms with E-state index in [2.05, 4.69) is 78.8 Å². The van der Waals surface area contributed by atoms with Crippen LogP contribution in [0.4, 0.5) is 0 Å². The number of hydrogen-bond acceptors (Lipinski definition) is 24. The molecular weight excluding hydrogens is 1480 g/mol. The van der Waals surface area contributed by atoms with Gasteiger partial charge in [0.2, 0.25) is 94.5 Å². The summed E-state index contributed by atoms with van der Waals surface area (Å²) < 4.78 is 0. The van der Waals surface area contributed by atoms with E-state index in [1.54, 1.807) is 13.8 Å². The van der Waals surface area contributed by atoms with Crippen molar-refractivity contribution in [3.05, 3.63) is 0 Å². The monoisotopic (exact) mass is 1600 g/mol. The number of carbonyl (C=O) groups excluding carboxylic acids is 16. The predicted octanol–water partition coefficient (Wildman–Crippen LogP) is -12.6. The van der Waals surface area contributed by atoms with Gasteiger partial charge in [0.15, 0.2) is 17.9 Å². The highest BCUT2D eigenvalue weighted by Crippen LogP contribution is 2.14. The Balaban J connectivity index is 6.98. The summed E-state index contributed by atoms with van der Waals surface area (Å²) in [6, 6.07) is -22.4. The molecule has 112 heavy (non-hydrogen) atoms. The Labute approximate surface area is 644 Å². The van der Waals surface area contributed by atoms with Crippen molar-refractivity contribution in [1.29, 1.82) is 0 Å². The van der Waals surface area contributed by atoms with Crippen molar-refractivity contribution < 1.29 is 107 Å². The average molecular weight is 1600 g/mol. The molecule has 0 aromatic heterocycles. The summed E-state index contributed by atoms with van der Waals surface area (Å²) in [5.41, 5.74) is 59.7. The lowest BCUT2D eigenvalue weighted by Gasteiger charge is -2.29. The van der Waals surface area contributed by atoms with Crippen LogP contribution < -0.4 is 127 Å². The molecule has 0 unspecified atom stereocenters. The number of aliphatic hydroxyl groups is 2. The van der Waals surface area contributed by atoms with Crippen molar-refractivity contribution in [1.82, 2.24) is 63.8 Å². The van der Waals surface area contributed by atoms with Gasteiger partial charge in [-0.2, -0.15) is 0 Å². The third-order valence-electron chi connectivity index (χ3n) is 16.2. The number of guanidine groups is 3. The fourth-order valence-corrected chi connectivity index (χ4v) is 10.2. The van der Waals surface area contributed by atoms with Crippen LogP contribution in [0, 0.1) is 11.8 Å². The smallest absolute Gasteiger partial charge is 0.326 e. The standard InChI is InChI=1S/C64H114N26O22/c1-27(2)25-39(56(106)81-33(12-9-23-77-63(72)73)52(102)85-38(61(111)112)13-10-24-78-64(74)75)86-54(104)35(15-19-42(67)94)82-53(103)37(17-21-45(97)98)80-49(99)29(5)79-51(101)34(14-18-41(66)93)83-60(110)48(31(7)92)90-57(107)40(26-44(69)96)87-58(108)46(28(3)4)88-55(105)36(16-20-43(68)95)84-59(109)47(30(6)91)89-50(100)32(65)11-8-22-76-62(70)71/h27-40,46-48,91-92H,8-26,65H2,1-7H3,(H2,66,93)(H2,67,94)(H2,68,95)(H2,69,96)(H,79,101)(H,80,99)(H,81,106)(H,82,103)(H,83,110)(H,84,109)(H,85,102)(H,86,104)(H,87,108)(H,88,105)(H,89,100)(H,90,107)(H,97,98)(H,111,112)(H4,70,71,76)(H4,72,73,77)(H4,74,75,78)/t29-,30+,31+,32-,33-,34-,35-,36-,37-,38-,39-,40-,46-,47-,48-/m0/s1. The number of primary amides is 4. The number of carboxylic acids is 2. The molecule has 0 spiro atoms. The molecule has 38 N–H and O–H groups in total. The molecular formula is C64H114N26O22. The molecule has 16 amide bonds. The number of rotatable bonds is 56. The van der Waals surface area contributed by atoms with E-state index in [-0.39, 0.29) is 82.5 Å². The van der Waals surface area contributed by atoms with Crippen molar-refractivity contribution in [2.45, 2.75) is 242 Å². The Morgan fingerprint density at radius 1 is 0.312 bits per heavy atom. The van der Waals surface area contributed by atoms with E-state index in [9.17, 15) is 107 Å². The summed E-state index contributed by atoms with van der Waals surface area (Å²) in [6.07, 6.45) is -9.74. The summed E-state index contributed by atoms with van der Waals surface area (Å²) in [5, 5.41) is 68.6. The second-order valence-electron chi connectivity index (χ2n) is 26.9. The molecule has 0 aromatic rings. The van der Waals surface area contributed by atoms with Crippen molar-refractivity contribution in [2.75, 3.05) is 19.6 Å². The Hall–Kier alpha value is -11.8. The fourth-order valence-electron chi connectivity index (χ4n) is 10.2. The largest absolute Gasteiger partial charge is 0.481 e. The zero-order valence-corrected chi connectivity index (χ0v) is 63.6. The fraction of sp³-hybridized carbons (Fsp3) is 0.672. The number of aliphatic hydroxyl groups excluding tert-OH is 2. The molecule has 0 bridgehead atoms. The van der Waals surface area contributed by atoms with Gasteiger partial charge in [-0.15, -0.1) is 0 Å². The molecule has 48 nitrogen and oxygen atoms in total. The molecule has 0 aromatic carbocycles. The first-order valence-electron chi connectivity index (χ1n) is 35.6. The minimum Gasteiger partial charge on any atom is -0.481 e. The van der Waals surface area contributed by atoms with Crippen LogP contribution >= 0.6 is 0 Å². The van der Waals surface area contributed by atoms with Crippen LogP contribution in [0.5, 0.6) is 0 Å². The number of carboxylic acid groups (broad SMARTS) is 2. The van der Waals surface area contributed by atoms with E-state index in [0.29, 0.717) is 0 Å². The molecule has 48 heteroatoms. The van der Waals surface area contributed by atoms with Gasteiger partial charge in [0.05, 0.1) is 24.7 Å². The summed E-state index contributed by atoms with van der Waals surface area (Å²) >= 11 is 0. The van der Waals surface area contributed by atoms with E-state index in [1.165, 1.54) is 13.8 Å². The van der Waals surface area contributed by atoms with Crippen molar-refractivity contribution in [3.8, 4) is 0 Å². The molecule has 0 saturated carbocycles. The van der Waals surface area contributed by atoms with Gasteiger partial charge in [0, 0.05) is 45.3 Å². The number of nitrogens with zero attached hydrogens (tertiary/aromatic N) is 3. The topological polar surface area (TPSA) is 856 Å². The molecule has 0 aliphatic rings. The van der Waals surface area contributed by atoms with Gasteiger partial charge < -0.3 is 147 Å². The van der Waals surface area contributed by atoms with E-state index in [0.717, 1.165) is 20.8 Å². The molecule has 0 aliphatic carbocycles. The van der Waals surface area contributed by atoms with Gasteiger partial charge in [0.1, 0.15) is 72.5 Å². The molecule has 632 valence electrons. The van der Waals surface area contributed by atoms with Crippen LogP contribution in [0.3, 0.4) is 0 Å². The lowest BCUT2D eigenvalue weighted by atomic mass is 10.0. The molecule has 15 atom stereocenters. The number of amides is 16. The van der Waals surface area contributed by atoms with Gasteiger partial charge >= 0.3 is 11.9 Å². The van der Waals surface area contributed by atoms with Crippen LogP contribution in [-0.2, 0) is 86.3 Å². The Bertz CT molecular complexity index is 3360. The molecule has 0 fully saturated rings. The van der Waals surface area contributed by atoms with Crippen LogP contribution in [0.25, 0.3) is 0 Å². The van der Waals surface area contributed by atoms with Gasteiger partial charge in [-0.25, -0.2) is 4.79 Å². The van der Waals surface area contributed by atoms with Gasteiger partial charge in [-0.1, -0.05) is 27.7 Å². The van der Waals surface area contributed by atoms with E-state index < -0.39 is 267 Å². The Morgan fingerprint density at radius 2 is 0.607 bits per heavy atom. The SMILES string of the molecule is CC(C)C[C@H](NC(=O)[C@H](CCC(N)=O)NC(=O)[C@H](CCC(=O)O)NC(=O)[C@H](C)NC(=O)[C@H](CCC(N)=O)NC(=O)[C@@H](NC(=O)[C@H](CC(N)=O)NC(=O)[C@@H](NC(=O)[C@H](CCC(N)=O)NC(=O)[C@@H](NC(=O)[C@@H](N)CCCN=C(N)N)[C@@H](C)O)C(C)C)[C@@H](C)O)C(=O)N[C@@H](CCCN=C(N)N)C(=O)N[C@@H](CCCN=C(N)N)C(=O)O. The van der Waals surface area contributed by atoms with Crippen LogP contribution in [0.2, 0.25) is 0 Å². The number of nitrogens with one attached hydrogen (secondary N) is 12. The predicted molar refractivity (Wildman–Crippen MR) is 398 cm³/mol. The maximum absolute atomic E-state index is 14.2. The van der Waals surface area contributed by atoms with Gasteiger partial charge in [-0.3, -0.25) is 96.5 Å². The maximum atomic E-state index is 14.2. The van der Waals surface area contributed by atoms with Crippen LogP contribution in [0.1, 0.15) is 151 Å².